The van der Waals surface area contributed by atoms with E-state index in [0.717, 1.165) is 18.5 Å². The normalized spacial score (nSPS) is 10.8. The summed E-state index contributed by atoms with van der Waals surface area (Å²) in [4.78, 5) is 18.9. The summed E-state index contributed by atoms with van der Waals surface area (Å²) in [6, 6.07) is 3.54. The zero-order chi connectivity index (χ0) is 12.4. The maximum Gasteiger partial charge on any atom is 0.264 e. The molecule has 0 fully saturated rings. The third-order valence-corrected chi connectivity index (χ3v) is 3.76. The van der Waals surface area contributed by atoms with Gasteiger partial charge in [0.2, 0.25) is 0 Å². The van der Waals surface area contributed by atoms with E-state index in [2.05, 4.69) is 32.8 Å². The topological polar surface area (TPSA) is 58.9 Å². The van der Waals surface area contributed by atoms with Crippen LogP contribution in [-0.2, 0) is 6.42 Å². The molecule has 0 aliphatic rings. The first-order valence-corrected chi connectivity index (χ1v) is 7.03. The molecule has 2 rings (SSSR count). The average Bonchev–Trinajstić information content (AvgIpc) is 2.71. The number of halogens is 2. The van der Waals surface area contributed by atoms with Crippen molar-refractivity contribution < 1.29 is 4.42 Å². The summed E-state index contributed by atoms with van der Waals surface area (Å²) in [6.45, 7) is 2.06. The van der Waals surface area contributed by atoms with Crippen LogP contribution < -0.4 is 5.56 Å². The van der Waals surface area contributed by atoms with Crippen LogP contribution in [0.1, 0.15) is 19.0 Å². The average molecular weight is 409 g/mol. The third kappa shape index (κ3) is 2.79. The van der Waals surface area contributed by atoms with E-state index >= 15 is 0 Å². The molecule has 0 bridgehead atoms. The summed E-state index contributed by atoms with van der Waals surface area (Å²) in [7, 11) is 0. The fraction of sp³-hybridized carbons (Fsp3) is 0.273. The van der Waals surface area contributed by atoms with Crippen molar-refractivity contribution in [2.24, 2.45) is 0 Å². The van der Waals surface area contributed by atoms with Crippen LogP contribution in [0.2, 0.25) is 0 Å². The molecule has 4 nitrogen and oxygen atoms in total. The third-order valence-electron chi connectivity index (χ3n) is 2.22. The van der Waals surface area contributed by atoms with E-state index in [1.807, 2.05) is 22.6 Å². The molecule has 17 heavy (non-hydrogen) atoms. The smallest absolute Gasteiger partial charge is 0.264 e. The molecule has 90 valence electrons. The van der Waals surface area contributed by atoms with Crippen LogP contribution in [-0.4, -0.2) is 9.97 Å². The molecule has 0 amide bonds. The molecule has 0 aromatic carbocycles. The first kappa shape index (κ1) is 12.8. The number of furan rings is 1. The van der Waals surface area contributed by atoms with Crippen LogP contribution in [0, 0.1) is 3.57 Å². The van der Waals surface area contributed by atoms with Crippen LogP contribution in [0.3, 0.4) is 0 Å². The standard InChI is InChI=1S/C11H10BrIN2O2/c1-2-3-6-9(13)11(16)15-10(14-6)7-4-5-8(12)17-7/h4-5H,2-3H2,1H3,(H,14,15,16). The maximum atomic E-state index is 11.8. The van der Waals surface area contributed by atoms with Gasteiger partial charge in [-0.1, -0.05) is 13.3 Å². The maximum absolute atomic E-state index is 11.8. The number of aromatic amines is 1. The molecule has 0 saturated heterocycles. The van der Waals surface area contributed by atoms with Crippen molar-refractivity contribution in [1.29, 1.82) is 0 Å². The summed E-state index contributed by atoms with van der Waals surface area (Å²) in [5.41, 5.74) is 0.700. The number of aryl methyl sites for hydroxylation is 1. The summed E-state index contributed by atoms with van der Waals surface area (Å²) < 4.78 is 6.65. The molecule has 6 heteroatoms. The SMILES string of the molecule is CCCc1nc(-c2ccc(Br)o2)[nH]c(=O)c1I. The monoisotopic (exact) mass is 408 g/mol. The van der Waals surface area contributed by atoms with E-state index in [9.17, 15) is 4.79 Å². The van der Waals surface area contributed by atoms with E-state index in [1.165, 1.54) is 0 Å². The van der Waals surface area contributed by atoms with Crippen molar-refractivity contribution in [2.75, 3.05) is 0 Å². The lowest BCUT2D eigenvalue weighted by Gasteiger charge is -2.03. The van der Waals surface area contributed by atoms with E-state index in [-0.39, 0.29) is 5.56 Å². The second-order valence-electron chi connectivity index (χ2n) is 3.53. The highest BCUT2D eigenvalue weighted by molar-refractivity contribution is 14.1. The van der Waals surface area contributed by atoms with Crippen LogP contribution in [0.25, 0.3) is 11.6 Å². The van der Waals surface area contributed by atoms with Crippen molar-refractivity contribution in [3.63, 3.8) is 0 Å². The number of aromatic nitrogens is 2. The van der Waals surface area contributed by atoms with Gasteiger partial charge in [0.1, 0.15) is 0 Å². The Kier molecular flexibility index (Phi) is 4.03. The second-order valence-corrected chi connectivity index (χ2v) is 5.39. The van der Waals surface area contributed by atoms with Crippen molar-refractivity contribution in [1.82, 2.24) is 9.97 Å². The zero-order valence-electron chi connectivity index (χ0n) is 9.09. The first-order valence-electron chi connectivity index (χ1n) is 5.16. The largest absolute Gasteiger partial charge is 0.446 e. The molecule has 0 spiro atoms. The predicted octanol–water partition coefficient (Wildman–Crippen LogP) is 3.35. The Morgan fingerprint density at radius 2 is 2.29 bits per heavy atom. The molecule has 0 radical (unpaired) electrons. The summed E-state index contributed by atoms with van der Waals surface area (Å²) in [5, 5.41) is 0. The molecule has 2 aromatic heterocycles. The van der Waals surface area contributed by atoms with Gasteiger partial charge in [-0.3, -0.25) is 4.79 Å². The lowest BCUT2D eigenvalue weighted by Crippen LogP contribution is -2.16. The Bertz CT molecular complexity index is 591. The molecule has 2 aromatic rings. The highest BCUT2D eigenvalue weighted by atomic mass is 127. The Balaban J connectivity index is 2.52. The molecule has 1 N–H and O–H groups in total. The fourth-order valence-corrected chi connectivity index (χ4v) is 2.30. The van der Waals surface area contributed by atoms with Gasteiger partial charge in [-0.2, -0.15) is 0 Å². The van der Waals surface area contributed by atoms with Gasteiger partial charge >= 0.3 is 0 Å². The molecule has 0 atom stereocenters. The molecule has 0 unspecified atom stereocenters. The van der Waals surface area contributed by atoms with Gasteiger partial charge in [0.05, 0.1) is 9.26 Å². The molecule has 0 aliphatic carbocycles. The van der Waals surface area contributed by atoms with Gasteiger partial charge in [0.25, 0.3) is 5.56 Å². The van der Waals surface area contributed by atoms with Gasteiger partial charge in [0, 0.05) is 0 Å². The van der Waals surface area contributed by atoms with Gasteiger partial charge in [-0.15, -0.1) is 0 Å². The zero-order valence-corrected chi connectivity index (χ0v) is 12.8. The molecular weight excluding hydrogens is 399 g/mol. The number of hydrogen-bond donors (Lipinski definition) is 1. The van der Waals surface area contributed by atoms with Crippen molar-refractivity contribution in [3.8, 4) is 11.6 Å². The van der Waals surface area contributed by atoms with Crippen molar-refractivity contribution in [2.45, 2.75) is 19.8 Å². The Morgan fingerprint density at radius 3 is 2.88 bits per heavy atom. The predicted molar refractivity (Wildman–Crippen MR) is 77.0 cm³/mol. The lowest BCUT2D eigenvalue weighted by molar-refractivity contribution is 0.550. The summed E-state index contributed by atoms with van der Waals surface area (Å²) in [5.74, 6) is 1.03. The van der Waals surface area contributed by atoms with Crippen LogP contribution in [0.5, 0.6) is 0 Å². The number of nitrogens with one attached hydrogen (secondary N) is 1. The number of hydrogen-bond acceptors (Lipinski definition) is 3. The highest BCUT2D eigenvalue weighted by Crippen LogP contribution is 2.22. The number of H-pyrrole nitrogens is 1. The Hall–Kier alpha value is -0.630. The van der Waals surface area contributed by atoms with Gasteiger partial charge in [-0.05, 0) is 57.1 Å². The van der Waals surface area contributed by atoms with E-state index < -0.39 is 0 Å². The van der Waals surface area contributed by atoms with Crippen LogP contribution >= 0.6 is 38.5 Å². The van der Waals surface area contributed by atoms with Crippen molar-refractivity contribution >= 4 is 38.5 Å². The van der Waals surface area contributed by atoms with Gasteiger partial charge in [0.15, 0.2) is 16.3 Å². The highest BCUT2D eigenvalue weighted by Gasteiger charge is 2.11. The first-order chi connectivity index (χ1) is 8.11. The van der Waals surface area contributed by atoms with E-state index in [0.29, 0.717) is 19.8 Å². The van der Waals surface area contributed by atoms with Crippen molar-refractivity contribution in [3.05, 3.63) is 36.4 Å². The Labute approximate surface area is 120 Å². The minimum atomic E-state index is -0.119. The van der Waals surface area contributed by atoms with Crippen LogP contribution in [0.4, 0.5) is 0 Å². The summed E-state index contributed by atoms with van der Waals surface area (Å²) in [6.07, 6.45) is 1.74. The lowest BCUT2D eigenvalue weighted by atomic mass is 10.2. The second kappa shape index (κ2) is 5.34. The van der Waals surface area contributed by atoms with Gasteiger partial charge in [-0.25, -0.2) is 4.98 Å². The number of rotatable bonds is 3. The van der Waals surface area contributed by atoms with Crippen LogP contribution in [0.15, 0.2) is 26.0 Å². The summed E-state index contributed by atoms with van der Waals surface area (Å²) >= 11 is 5.25. The molecule has 0 aliphatic heterocycles. The Morgan fingerprint density at radius 1 is 1.53 bits per heavy atom. The molecule has 2 heterocycles. The fourth-order valence-electron chi connectivity index (χ4n) is 1.47. The minimum absolute atomic E-state index is 0.119. The van der Waals surface area contributed by atoms with E-state index in [4.69, 9.17) is 4.42 Å². The minimum Gasteiger partial charge on any atom is -0.446 e. The molecule has 0 saturated carbocycles. The molecular formula is C11H10BrIN2O2. The number of nitrogens with zero attached hydrogens (tertiary/aromatic N) is 1. The van der Waals surface area contributed by atoms with Gasteiger partial charge < -0.3 is 9.40 Å². The van der Waals surface area contributed by atoms with E-state index in [1.54, 1.807) is 12.1 Å². The quantitative estimate of drug-likeness (QED) is 0.792.